The van der Waals surface area contributed by atoms with E-state index in [0.29, 0.717) is 12.3 Å². The summed E-state index contributed by atoms with van der Waals surface area (Å²) in [5.41, 5.74) is 1.04. The molecule has 0 saturated carbocycles. The van der Waals surface area contributed by atoms with Crippen LogP contribution in [0.3, 0.4) is 0 Å². The maximum Gasteiger partial charge on any atom is 0.274 e. The molecule has 25 heavy (non-hydrogen) atoms. The van der Waals surface area contributed by atoms with Gasteiger partial charge in [-0.3, -0.25) is 9.59 Å². The van der Waals surface area contributed by atoms with E-state index in [1.165, 1.54) is 0 Å². The molecule has 0 aliphatic rings. The Bertz CT molecular complexity index is 729. The molecule has 6 nitrogen and oxygen atoms in total. The second-order valence-corrected chi connectivity index (χ2v) is 5.60. The van der Waals surface area contributed by atoms with Gasteiger partial charge in [-0.05, 0) is 56.7 Å². The van der Waals surface area contributed by atoms with E-state index in [4.69, 9.17) is 4.74 Å². The van der Waals surface area contributed by atoms with Gasteiger partial charge < -0.3 is 15.4 Å². The maximum absolute atomic E-state index is 12.3. The number of hydrogen-bond acceptors (Lipinski definition) is 4. The molecule has 0 saturated heterocycles. The number of pyridine rings is 1. The third-order valence-electron chi connectivity index (χ3n) is 3.63. The highest BCUT2D eigenvalue weighted by Crippen LogP contribution is 2.16. The number of amides is 2. The lowest BCUT2D eigenvalue weighted by atomic mass is 10.2. The Morgan fingerprint density at radius 2 is 1.68 bits per heavy atom. The highest BCUT2D eigenvalue weighted by Gasteiger charge is 2.14. The van der Waals surface area contributed by atoms with E-state index in [0.717, 1.165) is 12.2 Å². The Kier molecular flexibility index (Phi) is 6.51. The number of nitrogens with one attached hydrogen (secondary N) is 2. The van der Waals surface area contributed by atoms with Crippen LogP contribution in [0, 0.1) is 0 Å². The van der Waals surface area contributed by atoms with Crippen LogP contribution in [0.1, 0.15) is 48.2 Å². The Labute approximate surface area is 147 Å². The van der Waals surface area contributed by atoms with E-state index in [2.05, 4.69) is 15.6 Å². The Balaban J connectivity index is 2.06. The lowest BCUT2D eigenvalue weighted by Crippen LogP contribution is -2.32. The van der Waals surface area contributed by atoms with Crippen LogP contribution in [-0.2, 0) is 0 Å². The molecule has 0 radical (unpaired) electrons. The van der Waals surface area contributed by atoms with Crippen LogP contribution < -0.4 is 15.4 Å². The van der Waals surface area contributed by atoms with Crippen molar-refractivity contribution in [2.45, 2.75) is 33.2 Å². The summed E-state index contributed by atoms with van der Waals surface area (Å²) in [7, 11) is 0. The molecule has 1 unspecified atom stereocenters. The fourth-order valence-electron chi connectivity index (χ4n) is 2.08. The van der Waals surface area contributed by atoms with Crippen LogP contribution in [0.15, 0.2) is 42.5 Å². The van der Waals surface area contributed by atoms with Crippen molar-refractivity contribution in [3.8, 4) is 5.75 Å². The topological polar surface area (TPSA) is 80.3 Å². The minimum atomic E-state index is -0.373. The predicted octanol–water partition coefficient (Wildman–Crippen LogP) is 3.26. The van der Waals surface area contributed by atoms with Crippen LogP contribution in [0.25, 0.3) is 0 Å². The normalized spacial score (nSPS) is 11.5. The quantitative estimate of drug-likeness (QED) is 0.810. The van der Waals surface area contributed by atoms with E-state index in [9.17, 15) is 9.59 Å². The molecule has 2 aromatic rings. The summed E-state index contributed by atoms with van der Waals surface area (Å²) in [5, 5.41) is 5.59. The first-order valence-corrected chi connectivity index (χ1v) is 8.35. The molecule has 2 amide bonds. The second kappa shape index (κ2) is 8.82. The van der Waals surface area contributed by atoms with Crippen LogP contribution in [0.2, 0.25) is 0 Å². The number of anilines is 1. The van der Waals surface area contributed by atoms with Gasteiger partial charge in [0.25, 0.3) is 11.8 Å². The van der Waals surface area contributed by atoms with Crippen LogP contribution >= 0.6 is 0 Å². The third-order valence-corrected chi connectivity index (χ3v) is 3.63. The number of rotatable bonds is 7. The summed E-state index contributed by atoms with van der Waals surface area (Å²) in [6, 6.07) is 11.9. The van der Waals surface area contributed by atoms with Crippen molar-refractivity contribution in [3.05, 3.63) is 53.9 Å². The van der Waals surface area contributed by atoms with Gasteiger partial charge in [0.1, 0.15) is 17.1 Å². The van der Waals surface area contributed by atoms with Gasteiger partial charge in [0.15, 0.2) is 0 Å². The summed E-state index contributed by atoms with van der Waals surface area (Å²) >= 11 is 0. The first-order valence-electron chi connectivity index (χ1n) is 8.35. The van der Waals surface area contributed by atoms with Crippen molar-refractivity contribution in [1.82, 2.24) is 10.3 Å². The minimum absolute atomic E-state index is 0.0515. The van der Waals surface area contributed by atoms with Crippen molar-refractivity contribution in [2.24, 2.45) is 0 Å². The van der Waals surface area contributed by atoms with Crippen molar-refractivity contribution < 1.29 is 14.3 Å². The molecule has 132 valence electrons. The molecule has 1 aromatic carbocycles. The average molecular weight is 341 g/mol. The zero-order valence-electron chi connectivity index (χ0n) is 14.7. The van der Waals surface area contributed by atoms with Gasteiger partial charge in [0.05, 0.1) is 6.61 Å². The third kappa shape index (κ3) is 5.31. The highest BCUT2D eigenvalue weighted by molar-refractivity contribution is 6.03. The number of ether oxygens (including phenoxy) is 1. The molecule has 1 aromatic heterocycles. The number of nitrogens with zero attached hydrogens (tertiary/aromatic N) is 1. The molecule has 0 aliphatic heterocycles. The van der Waals surface area contributed by atoms with E-state index >= 15 is 0 Å². The Hall–Kier alpha value is -2.89. The molecule has 0 fully saturated rings. The smallest absolute Gasteiger partial charge is 0.274 e. The average Bonchev–Trinajstić information content (AvgIpc) is 2.63. The van der Waals surface area contributed by atoms with Crippen LogP contribution in [0.4, 0.5) is 5.69 Å². The molecule has 2 N–H and O–H groups in total. The standard InChI is InChI=1S/C19H23N3O3/c1-4-13(3)20-18(23)16-7-6-8-17(22-16)19(24)21-14-9-11-15(12-10-14)25-5-2/h6-13H,4-5H2,1-3H3,(H,20,23)(H,21,24). The molecule has 0 bridgehead atoms. The summed E-state index contributed by atoms with van der Waals surface area (Å²) < 4.78 is 5.36. The fraction of sp³-hybridized carbons (Fsp3) is 0.316. The summed E-state index contributed by atoms with van der Waals surface area (Å²) in [6.45, 7) is 6.40. The number of aromatic nitrogens is 1. The zero-order chi connectivity index (χ0) is 18.2. The van der Waals surface area contributed by atoms with Crippen LogP contribution in [-0.4, -0.2) is 29.4 Å². The summed E-state index contributed by atoms with van der Waals surface area (Å²) in [5.74, 6) is 0.0785. The van der Waals surface area contributed by atoms with Gasteiger partial charge in [-0.2, -0.15) is 0 Å². The fourth-order valence-corrected chi connectivity index (χ4v) is 2.08. The molecular formula is C19H23N3O3. The molecule has 1 heterocycles. The van der Waals surface area contributed by atoms with Gasteiger partial charge in [-0.1, -0.05) is 13.0 Å². The Morgan fingerprint density at radius 3 is 2.28 bits per heavy atom. The van der Waals surface area contributed by atoms with Crippen LogP contribution in [0.5, 0.6) is 5.75 Å². The van der Waals surface area contributed by atoms with E-state index in [1.807, 2.05) is 20.8 Å². The van der Waals surface area contributed by atoms with Gasteiger partial charge >= 0.3 is 0 Å². The number of carbonyl (C=O) groups excluding carboxylic acids is 2. The lowest BCUT2D eigenvalue weighted by molar-refractivity contribution is 0.0934. The molecule has 1 atom stereocenters. The first kappa shape index (κ1) is 18.4. The SMILES string of the molecule is CCOc1ccc(NC(=O)c2cccc(C(=O)NC(C)CC)n2)cc1. The van der Waals surface area contributed by atoms with Crippen molar-refractivity contribution >= 4 is 17.5 Å². The maximum atomic E-state index is 12.3. The second-order valence-electron chi connectivity index (χ2n) is 5.60. The predicted molar refractivity (Wildman–Crippen MR) is 97.0 cm³/mol. The summed E-state index contributed by atoms with van der Waals surface area (Å²) in [4.78, 5) is 28.6. The van der Waals surface area contributed by atoms with Gasteiger partial charge in [0, 0.05) is 11.7 Å². The largest absolute Gasteiger partial charge is 0.494 e. The van der Waals surface area contributed by atoms with Gasteiger partial charge in [-0.15, -0.1) is 0 Å². The zero-order valence-corrected chi connectivity index (χ0v) is 14.7. The molecule has 6 heteroatoms. The monoisotopic (exact) mass is 341 g/mol. The van der Waals surface area contributed by atoms with Gasteiger partial charge in [0.2, 0.25) is 0 Å². The molecule has 0 aliphatic carbocycles. The molecule has 2 rings (SSSR count). The van der Waals surface area contributed by atoms with Crippen molar-refractivity contribution in [2.75, 3.05) is 11.9 Å². The summed E-state index contributed by atoms with van der Waals surface area (Å²) in [6.07, 6.45) is 0.823. The van der Waals surface area contributed by atoms with E-state index in [-0.39, 0.29) is 29.2 Å². The van der Waals surface area contributed by atoms with Crippen molar-refractivity contribution in [3.63, 3.8) is 0 Å². The number of hydrogen-bond donors (Lipinski definition) is 2. The Morgan fingerprint density at radius 1 is 1.04 bits per heavy atom. The van der Waals surface area contributed by atoms with E-state index in [1.54, 1.807) is 42.5 Å². The first-order chi connectivity index (χ1) is 12.0. The van der Waals surface area contributed by atoms with E-state index < -0.39 is 0 Å². The molecular weight excluding hydrogens is 318 g/mol. The number of benzene rings is 1. The van der Waals surface area contributed by atoms with Crippen molar-refractivity contribution in [1.29, 1.82) is 0 Å². The molecule has 0 spiro atoms. The van der Waals surface area contributed by atoms with Gasteiger partial charge in [-0.25, -0.2) is 4.98 Å². The highest BCUT2D eigenvalue weighted by atomic mass is 16.5. The minimum Gasteiger partial charge on any atom is -0.494 e. The number of carbonyl (C=O) groups is 2. The lowest BCUT2D eigenvalue weighted by Gasteiger charge is -2.11.